The van der Waals surface area contributed by atoms with Gasteiger partial charge in [0.05, 0.1) is 6.61 Å². The number of aliphatic hydroxyl groups is 1. The molecule has 0 spiro atoms. The molecule has 1 unspecified atom stereocenters. The fraction of sp³-hybridized carbons (Fsp3) is 0.417. The lowest BCUT2D eigenvalue weighted by Crippen LogP contribution is -2.51. The van der Waals surface area contributed by atoms with Crippen LogP contribution in [0.5, 0.6) is 0 Å². The van der Waals surface area contributed by atoms with E-state index in [4.69, 9.17) is 6.48 Å². The van der Waals surface area contributed by atoms with Gasteiger partial charge in [0.25, 0.3) is 15.3 Å². The van der Waals surface area contributed by atoms with Crippen molar-refractivity contribution in [2.45, 2.75) is 24.7 Å². The second kappa shape index (κ2) is 9.67. The van der Waals surface area contributed by atoms with Crippen LogP contribution in [0.25, 0.3) is 0 Å². The summed E-state index contributed by atoms with van der Waals surface area (Å²) in [6.45, 7) is -1.28. The van der Waals surface area contributed by atoms with E-state index >= 15 is 0 Å². The molecule has 0 aliphatic carbocycles. The summed E-state index contributed by atoms with van der Waals surface area (Å²) < 4.78 is 7.89. The maximum Gasteiger partial charge on any atom is 0.295 e. The third kappa shape index (κ3) is 6.52. The Morgan fingerprint density at radius 3 is 2.04 bits per heavy atom. The summed E-state index contributed by atoms with van der Waals surface area (Å²) in [4.78, 5) is 56.5. The van der Waals surface area contributed by atoms with Gasteiger partial charge < -0.3 is 19.6 Å². The van der Waals surface area contributed by atoms with Crippen LogP contribution in [0.1, 0.15) is 6.93 Å². The van der Waals surface area contributed by atoms with E-state index < -0.39 is 52.4 Å². The predicted octanol–water partition coefficient (Wildman–Crippen LogP) is -0.479. The number of hydrogen-bond donors (Lipinski definition) is 1. The van der Waals surface area contributed by atoms with Crippen LogP contribution >= 0.6 is 0 Å². The lowest BCUT2D eigenvalue weighted by molar-refractivity contribution is -0.814. The molecule has 1 aromatic carbocycles. The molecule has 142 valence electrons. The Hall–Kier alpha value is -3.55. The molecule has 0 saturated carbocycles. The van der Waals surface area contributed by atoms with Gasteiger partial charge in [0, 0.05) is 7.77 Å². The first-order valence-corrected chi connectivity index (χ1v) is 6.72. The van der Waals surface area contributed by atoms with Crippen LogP contribution in [0, 0.1) is 30.3 Å². The minimum atomic E-state index is -2.47. The average molecular weight is 376 g/mol. The van der Waals surface area contributed by atoms with E-state index in [1.807, 2.05) is 0 Å². The first-order chi connectivity index (χ1) is 12.7. The van der Waals surface area contributed by atoms with E-state index in [1.165, 1.54) is 24.3 Å². The molecule has 0 bridgehead atoms. The zero-order chi connectivity index (χ0) is 20.6. The maximum atomic E-state index is 12.5. The summed E-state index contributed by atoms with van der Waals surface area (Å²) in [5.74, 6) is -1.38. The van der Waals surface area contributed by atoms with Gasteiger partial charge in [-0.05, 0) is 5.56 Å². The van der Waals surface area contributed by atoms with Crippen molar-refractivity contribution in [3.63, 3.8) is 0 Å². The Morgan fingerprint density at radius 2 is 1.58 bits per heavy atom. The summed E-state index contributed by atoms with van der Waals surface area (Å²) in [5.41, 5.74) is 0.0649. The minimum absolute atomic E-state index is 0.0649. The van der Waals surface area contributed by atoms with Gasteiger partial charge in [-0.1, -0.05) is 30.3 Å². The van der Waals surface area contributed by atoms with Gasteiger partial charge in [0.15, 0.2) is 24.1 Å². The van der Waals surface area contributed by atoms with Crippen LogP contribution in [-0.4, -0.2) is 51.1 Å². The van der Waals surface area contributed by atoms with Crippen LogP contribution in [-0.2, 0) is 25.7 Å². The highest BCUT2D eigenvalue weighted by Gasteiger charge is 2.42. The van der Waals surface area contributed by atoms with E-state index in [2.05, 4.69) is 14.5 Å². The second-order valence-electron chi connectivity index (χ2n) is 4.55. The molecule has 0 radical (unpaired) electrons. The zero-order valence-electron chi connectivity index (χ0n) is 13.8. The molecule has 0 aliphatic heterocycles. The number of hydrogen-bond acceptors (Lipinski definition) is 11. The molecule has 0 fully saturated rings. The number of carbonyl (C=O) groups is 1. The molecule has 1 aromatic rings. The van der Waals surface area contributed by atoms with Crippen molar-refractivity contribution in [1.82, 2.24) is 0 Å². The number of benzene rings is 1. The van der Waals surface area contributed by atoms with Crippen LogP contribution in [0.4, 0.5) is 0 Å². The molecule has 14 nitrogen and oxygen atoms in total. The number of carbonyl (C=O) groups excluding carboxylic acids is 1. The Kier molecular flexibility index (Phi) is 6.99. The quantitative estimate of drug-likeness (QED) is 0.365. The van der Waals surface area contributed by atoms with Gasteiger partial charge in [-0.25, -0.2) is 0 Å². The topological polar surface area (TPSA) is 194 Å². The molecule has 1 N–H and O–H groups in total. The van der Waals surface area contributed by atoms with E-state index in [9.17, 15) is 35.1 Å². The van der Waals surface area contributed by atoms with Crippen molar-refractivity contribution >= 4 is 5.78 Å². The Labute approximate surface area is 145 Å². The average Bonchev–Trinajstić information content (AvgIpc) is 2.61. The summed E-state index contributed by atoms with van der Waals surface area (Å²) in [6.07, 6.45) is -8.85. The standard InChI is InChI=1S/C12H13N3O11/c16-7-10(24-13(18)19)12(26-15(22)23)11(25-14(20)21)9(17)6-8-4-2-1-3-5-8/h1-5,10-12,16H,6-7H2/t10-,11-,12+/m1/s1/i6D/t6?,10-,11-,12+. The lowest BCUT2D eigenvalue weighted by atomic mass is 9.99. The highest BCUT2D eigenvalue weighted by Crippen LogP contribution is 2.16. The normalized spacial score (nSPS) is 15.5. The molecule has 14 heteroatoms. The van der Waals surface area contributed by atoms with E-state index in [1.54, 1.807) is 6.07 Å². The van der Waals surface area contributed by atoms with Gasteiger partial charge >= 0.3 is 0 Å². The molecular formula is C12H13N3O11. The maximum absolute atomic E-state index is 12.5. The minimum Gasteiger partial charge on any atom is -0.394 e. The Bertz CT molecular complexity index is 688. The van der Waals surface area contributed by atoms with Crippen LogP contribution < -0.4 is 0 Å². The monoisotopic (exact) mass is 376 g/mol. The summed E-state index contributed by atoms with van der Waals surface area (Å²) >= 11 is 0. The number of nitrogens with zero attached hydrogens (tertiary/aromatic N) is 3. The molecule has 0 aliphatic rings. The largest absolute Gasteiger partial charge is 0.394 e. The fourth-order valence-corrected chi connectivity index (χ4v) is 1.89. The lowest BCUT2D eigenvalue weighted by Gasteiger charge is -2.27. The van der Waals surface area contributed by atoms with Gasteiger partial charge in [-0.2, -0.15) is 0 Å². The van der Waals surface area contributed by atoms with Crippen LogP contribution in [0.15, 0.2) is 30.3 Å². The van der Waals surface area contributed by atoms with Crippen molar-refractivity contribution < 1.29 is 41.0 Å². The first kappa shape index (κ1) is 18.8. The molecule has 0 aromatic heterocycles. The highest BCUT2D eigenvalue weighted by atomic mass is 17.0. The molecule has 0 saturated heterocycles. The highest BCUT2D eigenvalue weighted by molar-refractivity contribution is 5.85. The van der Waals surface area contributed by atoms with Crippen molar-refractivity contribution in [2.24, 2.45) is 0 Å². The molecule has 26 heavy (non-hydrogen) atoms. The molecule has 1 rings (SSSR count). The van der Waals surface area contributed by atoms with Gasteiger partial charge in [0.2, 0.25) is 0 Å². The Balaban J connectivity index is 3.27. The summed E-state index contributed by atoms with van der Waals surface area (Å²) in [6, 6.07) is 7.16. The SMILES string of the molecule is [2H]C(C(=O)[C@@H](O[N+](=O)[O-])[C@@H](O[N+](=O)[O-])[C@@H](CO)O[N+](=O)[O-])c1ccccc1. The van der Waals surface area contributed by atoms with E-state index in [0.717, 1.165) is 0 Å². The molecule has 4 atom stereocenters. The molecular weight excluding hydrogens is 362 g/mol. The predicted molar refractivity (Wildman–Crippen MR) is 77.8 cm³/mol. The van der Waals surface area contributed by atoms with Crippen molar-refractivity contribution in [3.05, 3.63) is 66.2 Å². The van der Waals surface area contributed by atoms with Crippen LogP contribution in [0.2, 0.25) is 0 Å². The third-order valence-corrected chi connectivity index (χ3v) is 2.86. The van der Waals surface area contributed by atoms with Crippen molar-refractivity contribution in [1.29, 1.82) is 0 Å². The summed E-state index contributed by atoms with van der Waals surface area (Å²) in [5, 5.41) is 36.6. The van der Waals surface area contributed by atoms with Crippen molar-refractivity contribution in [3.8, 4) is 0 Å². The molecule has 0 amide bonds. The number of rotatable bonds is 12. The van der Waals surface area contributed by atoms with Crippen LogP contribution in [0.3, 0.4) is 0 Å². The van der Waals surface area contributed by atoms with Gasteiger partial charge in [-0.3, -0.25) is 4.79 Å². The Morgan fingerprint density at radius 1 is 1.04 bits per heavy atom. The zero-order valence-corrected chi connectivity index (χ0v) is 12.8. The number of ketones is 1. The summed E-state index contributed by atoms with van der Waals surface area (Å²) in [7, 11) is 0. The van der Waals surface area contributed by atoms with Crippen molar-refractivity contribution in [2.75, 3.05) is 6.61 Å². The fourth-order valence-electron chi connectivity index (χ4n) is 1.89. The third-order valence-electron chi connectivity index (χ3n) is 2.86. The number of Topliss-reactive ketones (excluding diaryl/α,β-unsaturated/α-hetero) is 1. The number of aliphatic hydroxyl groups excluding tert-OH is 1. The second-order valence-corrected chi connectivity index (χ2v) is 4.55. The van der Waals surface area contributed by atoms with Gasteiger partial charge in [0.1, 0.15) is 0 Å². The smallest absolute Gasteiger partial charge is 0.295 e. The molecule has 0 heterocycles. The van der Waals surface area contributed by atoms with Gasteiger partial charge in [-0.15, -0.1) is 30.3 Å². The van der Waals surface area contributed by atoms with E-state index in [-0.39, 0.29) is 5.56 Å². The first-order valence-electron chi connectivity index (χ1n) is 7.30. The van der Waals surface area contributed by atoms with E-state index in [0.29, 0.717) is 0 Å².